The van der Waals surface area contributed by atoms with E-state index in [4.69, 9.17) is 9.47 Å². The molecule has 1 fully saturated rings. The number of esters is 1. The zero-order valence-electron chi connectivity index (χ0n) is 18.6. The number of methoxy groups -OCH3 is 1. The minimum atomic E-state index is -0.619. The molecule has 2 amide bonds. The van der Waals surface area contributed by atoms with E-state index in [0.717, 1.165) is 16.3 Å². The number of benzene rings is 3. The van der Waals surface area contributed by atoms with Crippen molar-refractivity contribution in [1.29, 1.82) is 0 Å². The van der Waals surface area contributed by atoms with Gasteiger partial charge >= 0.3 is 5.97 Å². The summed E-state index contributed by atoms with van der Waals surface area (Å²) in [6.45, 7) is 1.71. The molecule has 2 atom stereocenters. The molecule has 7 nitrogen and oxygen atoms in total. The predicted molar refractivity (Wildman–Crippen MR) is 125 cm³/mol. The topological polar surface area (TPSA) is 84.9 Å². The Kier molecular flexibility index (Phi) is 6.58. The Labute approximate surface area is 192 Å². The molecule has 0 aromatic heterocycles. The normalized spacial score (nSPS) is 16.5. The van der Waals surface area contributed by atoms with Gasteiger partial charge in [0.2, 0.25) is 5.91 Å². The van der Waals surface area contributed by atoms with Crippen LogP contribution < -0.4 is 15.0 Å². The summed E-state index contributed by atoms with van der Waals surface area (Å²) in [4.78, 5) is 38.9. The number of nitrogens with one attached hydrogen (secondary N) is 1. The van der Waals surface area contributed by atoms with Crippen molar-refractivity contribution in [3.63, 3.8) is 0 Å². The average Bonchev–Trinajstić information content (AvgIpc) is 3.23. The lowest BCUT2D eigenvalue weighted by molar-refractivity contribution is -0.152. The van der Waals surface area contributed by atoms with Crippen LogP contribution in [0.15, 0.2) is 66.7 Å². The number of anilines is 1. The number of carbonyl (C=O) groups is 3. The highest BCUT2D eigenvalue weighted by Gasteiger charge is 2.36. The Balaban J connectivity index is 1.32. The molecular weight excluding hydrogens is 420 g/mol. The maximum Gasteiger partial charge on any atom is 0.311 e. The van der Waals surface area contributed by atoms with Crippen LogP contribution in [0, 0.1) is 5.92 Å². The van der Waals surface area contributed by atoms with Crippen molar-refractivity contribution in [2.24, 2.45) is 5.92 Å². The van der Waals surface area contributed by atoms with Gasteiger partial charge in [-0.15, -0.1) is 0 Å². The standard InChI is InChI=1S/C26H26N2O5/c1-17(22-12-5-8-18-7-3-4-11-23(18)22)27-24(29)16-33-26(31)19-13-25(30)28(15-19)20-9-6-10-21(14-20)32-2/h3-12,14,17,19H,13,15-16H2,1-2H3,(H,27,29). The highest BCUT2D eigenvalue weighted by atomic mass is 16.5. The number of fused-ring (bicyclic) bond motifs is 1. The van der Waals surface area contributed by atoms with Gasteiger partial charge in [0.15, 0.2) is 6.61 Å². The fourth-order valence-electron chi connectivity index (χ4n) is 4.14. The van der Waals surface area contributed by atoms with Crippen molar-refractivity contribution in [2.45, 2.75) is 19.4 Å². The third kappa shape index (κ3) is 4.98. The van der Waals surface area contributed by atoms with E-state index in [0.29, 0.717) is 11.4 Å². The monoisotopic (exact) mass is 446 g/mol. The van der Waals surface area contributed by atoms with Crippen LogP contribution in [-0.4, -0.2) is 38.0 Å². The molecule has 1 N–H and O–H groups in total. The van der Waals surface area contributed by atoms with Crippen molar-refractivity contribution >= 4 is 34.2 Å². The Morgan fingerprint density at radius 3 is 2.67 bits per heavy atom. The first-order valence-electron chi connectivity index (χ1n) is 10.8. The van der Waals surface area contributed by atoms with Gasteiger partial charge < -0.3 is 19.7 Å². The summed E-state index contributed by atoms with van der Waals surface area (Å²) in [6.07, 6.45) is 0.0457. The molecule has 2 unspecified atom stereocenters. The molecule has 170 valence electrons. The van der Waals surface area contributed by atoms with E-state index in [9.17, 15) is 14.4 Å². The number of ether oxygens (including phenoxy) is 2. The fourth-order valence-corrected chi connectivity index (χ4v) is 4.14. The first kappa shape index (κ1) is 22.3. The van der Waals surface area contributed by atoms with Crippen LogP contribution in [-0.2, 0) is 19.1 Å². The van der Waals surface area contributed by atoms with Crippen molar-refractivity contribution in [3.8, 4) is 5.75 Å². The van der Waals surface area contributed by atoms with Gasteiger partial charge in [-0.05, 0) is 35.4 Å². The molecule has 0 aliphatic carbocycles. The van der Waals surface area contributed by atoms with E-state index in [1.165, 1.54) is 4.90 Å². The van der Waals surface area contributed by atoms with Crippen LogP contribution in [0.1, 0.15) is 24.9 Å². The quantitative estimate of drug-likeness (QED) is 0.561. The maximum absolute atomic E-state index is 12.5. The largest absolute Gasteiger partial charge is 0.497 e. The Bertz CT molecular complexity index is 1190. The number of hydrogen-bond acceptors (Lipinski definition) is 5. The molecule has 3 aromatic carbocycles. The van der Waals surface area contributed by atoms with Crippen LogP contribution in [0.5, 0.6) is 5.75 Å². The molecule has 1 heterocycles. The lowest BCUT2D eigenvalue weighted by atomic mass is 10.00. The number of amides is 2. The number of nitrogens with zero attached hydrogens (tertiary/aromatic N) is 1. The average molecular weight is 447 g/mol. The van der Waals surface area contributed by atoms with Gasteiger partial charge in [-0.25, -0.2) is 0 Å². The van der Waals surface area contributed by atoms with Gasteiger partial charge in [0, 0.05) is 24.7 Å². The predicted octanol–water partition coefficient (Wildman–Crippen LogP) is 3.62. The second kappa shape index (κ2) is 9.73. The Hall–Kier alpha value is -3.87. The summed E-state index contributed by atoms with van der Waals surface area (Å²) in [5, 5.41) is 5.04. The molecule has 0 bridgehead atoms. The van der Waals surface area contributed by atoms with Crippen LogP contribution in [0.4, 0.5) is 5.69 Å². The van der Waals surface area contributed by atoms with Crippen LogP contribution in [0.2, 0.25) is 0 Å². The van der Waals surface area contributed by atoms with E-state index >= 15 is 0 Å². The number of hydrogen-bond donors (Lipinski definition) is 1. The highest BCUT2D eigenvalue weighted by Crippen LogP contribution is 2.28. The molecule has 1 saturated heterocycles. The Morgan fingerprint density at radius 1 is 1.09 bits per heavy atom. The zero-order valence-corrected chi connectivity index (χ0v) is 18.6. The molecule has 0 saturated carbocycles. The molecule has 7 heteroatoms. The molecule has 3 aromatic rings. The van der Waals surface area contributed by atoms with Crippen molar-refractivity contribution < 1.29 is 23.9 Å². The minimum Gasteiger partial charge on any atom is -0.497 e. The second-order valence-electron chi connectivity index (χ2n) is 8.07. The van der Waals surface area contributed by atoms with Crippen LogP contribution in [0.25, 0.3) is 10.8 Å². The molecular formula is C26H26N2O5. The number of carbonyl (C=O) groups excluding carboxylic acids is 3. The van der Waals surface area contributed by atoms with Crippen molar-refractivity contribution in [2.75, 3.05) is 25.2 Å². The third-order valence-electron chi connectivity index (χ3n) is 5.84. The summed E-state index contributed by atoms with van der Waals surface area (Å²) in [7, 11) is 1.55. The third-order valence-corrected chi connectivity index (χ3v) is 5.84. The maximum atomic E-state index is 12.5. The molecule has 0 radical (unpaired) electrons. The highest BCUT2D eigenvalue weighted by molar-refractivity contribution is 5.99. The zero-order chi connectivity index (χ0) is 23.4. The van der Waals surface area contributed by atoms with Crippen LogP contribution in [0.3, 0.4) is 0 Å². The lowest BCUT2D eigenvalue weighted by Gasteiger charge is -2.18. The van der Waals surface area contributed by atoms with Crippen molar-refractivity contribution in [3.05, 3.63) is 72.3 Å². The van der Waals surface area contributed by atoms with E-state index in [-0.39, 0.29) is 24.9 Å². The van der Waals surface area contributed by atoms with Crippen LogP contribution >= 0.6 is 0 Å². The van der Waals surface area contributed by atoms with E-state index in [2.05, 4.69) is 5.32 Å². The minimum absolute atomic E-state index is 0.0457. The fraction of sp³-hybridized carbons (Fsp3) is 0.269. The Morgan fingerprint density at radius 2 is 1.85 bits per heavy atom. The van der Waals surface area contributed by atoms with Gasteiger partial charge in [0.25, 0.3) is 5.91 Å². The van der Waals surface area contributed by atoms with E-state index in [1.54, 1.807) is 31.4 Å². The summed E-state index contributed by atoms with van der Waals surface area (Å²) < 4.78 is 10.4. The summed E-state index contributed by atoms with van der Waals surface area (Å²) in [6, 6.07) is 20.8. The SMILES string of the molecule is COc1cccc(N2CC(C(=O)OCC(=O)NC(C)c3cccc4ccccc34)CC2=O)c1. The molecule has 4 rings (SSSR count). The van der Waals surface area contributed by atoms with Gasteiger partial charge in [0.05, 0.1) is 19.1 Å². The summed E-state index contributed by atoms with van der Waals surface area (Å²) in [5.74, 6) is -1.10. The van der Waals surface area contributed by atoms with Gasteiger partial charge in [0.1, 0.15) is 5.75 Å². The first-order chi connectivity index (χ1) is 16.0. The second-order valence-corrected chi connectivity index (χ2v) is 8.07. The number of rotatable bonds is 7. The van der Waals surface area contributed by atoms with Gasteiger partial charge in [-0.3, -0.25) is 14.4 Å². The molecule has 33 heavy (non-hydrogen) atoms. The smallest absolute Gasteiger partial charge is 0.311 e. The molecule has 1 aliphatic heterocycles. The van der Waals surface area contributed by atoms with Gasteiger partial charge in [-0.2, -0.15) is 0 Å². The molecule has 1 aliphatic rings. The lowest BCUT2D eigenvalue weighted by Crippen LogP contribution is -2.33. The van der Waals surface area contributed by atoms with Crippen molar-refractivity contribution in [1.82, 2.24) is 5.32 Å². The van der Waals surface area contributed by atoms with E-state index < -0.39 is 24.4 Å². The summed E-state index contributed by atoms with van der Waals surface area (Å²) >= 11 is 0. The molecule has 0 spiro atoms. The van der Waals surface area contributed by atoms with E-state index in [1.807, 2.05) is 49.4 Å². The first-order valence-corrected chi connectivity index (χ1v) is 10.8. The summed E-state index contributed by atoms with van der Waals surface area (Å²) in [5.41, 5.74) is 1.65. The van der Waals surface area contributed by atoms with Gasteiger partial charge in [-0.1, -0.05) is 48.5 Å².